The topological polar surface area (TPSA) is 26.3 Å². The number of allylic oxidation sites excluding steroid dienone is 2. The lowest BCUT2D eigenvalue weighted by Gasteiger charge is -2.22. The molecule has 0 aliphatic heterocycles. The number of rotatable bonds is 11. The number of carbonyl (C=O) groups excluding carboxylic acids is 1. The van der Waals surface area contributed by atoms with Gasteiger partial charge in [0.15, 0.2) is 0 Å². The highest BCUT2D eigenvalue weighted by molar-refractivity contribution is 5.73. The summed E-state index contributed by atoms with van der Waals surface area (Å²) in [5, 5.41) is 0. The fourth-order valence-electron chi connectivity index (χ4n) is 4.37. The molecular formula is C29H38O2. The lowest BCUT2D eigenvalue weighted by atomic mass is 9.83. The Morgan fingerprint density at radius 2 is 1.48 bits per heavy atom. The van der Waals surface area contributed by atoms with Crippen molar-refractivity contribution in [3.8, 4) is 16.9 Å². The number of unbranched alkanes of at least 4 members (excludes halogenated alkanes) is 4. The van der Waals surface area contributed by atoms with E-state index in [1.165, 1.54) is 68.1 Å². The highest BCUT2D eigenvalue weighted by Crippen LogP contribution is 2.34. The molecule has 166 valence electrons. The van der Waals surface area contributed by atoms with Gasteiger partial charge in [-0.3, -0.25) is 4.79 Å². The quantitative estimate of drug-likeness (QED) is 0.207. The monoisotopic (exact) mass is 418 g/mol. The van der Waals surface area contributed by atoms with Crippen molar-refractivity contribution in [1.82, 2.24) is 0 Å². The van der Waals surface area contributed by atoms with Crippen molar-refractivity contribution < 1.29 is 9.53 Å². The maximum absolute atomic E-state index is 11.8. The number of esters is 1. The number of ether oxygens (including phenoxy) is 1. The second-order valence-electron chi connectivity index (χ2n) is 8.90. The molecule has 31 heavy (non-hydrogen) atoms. The van der Waals surface area contributed by atoms with E-state index >= 15 is 0 Å². The van der Waals surface area contributed by atoms with E-state index in [0.717, 1.165) is 24.3 Å². The smallest absolute Gasteiger partial charge is 0.311 e. The van der Waals surface area contributed by atoms with Crippen molar-refractivity contribution in [2.24, 2.45) is 5.92 Å². The van der Waals surface area contributed by atoms with Crippen LogP contribution >= 0.6 is 0 Å². The molecule has 0 heterocycles. The second kappa shape index (κ2) is 12.5. The molecule has 0 saturated heterocycles. The van der Waals surface area contributed by atoms with E-state index in [0.29, 0.717) is 12.2 Å². The van der Waals surface area contributed by atoms with Crippen molar-refractivity contribution in [1.29, 1.82) is 0 Å². The molecule has 0 N–H and O–H groups in total. The van der Waals surface area contributed by atoms with Gasteiger partial charge in [0, 0.05) is 6.42 Å². The number of benzene rings is 2. The third-order valence-corrected chi connectivity index (χ3v) is 6.39. The summed E-state index contributed by atoms with van der Waals surface area (Å²) in [7, 11) is 0. The zero-order chi connectivity index (χ0) is 21.9. The fourth-order valence-corrected chi connectivity index (χ4v) is 4.37. The van der Waals surface area contributed by atoms with Gasteiger partial charge in [0.1, 0.15) is 5.75 Å². The maximum atomic E-state index is 11.8. The zero-order valence-electron chi connectivity index (χ0n) is 19.4. The normalized spacial score (nSPS) is 16.1. The highest BCUT2D eigenvalue weighted by atomic mass is 16.5. The molecule has 0 saturated carbocycles. The van der Waals surface area contributed by atoms with Crippen LogP contribution in [-0.4, -0.2) is 5.97 Å². The second-order valence-corrected chi connectivity index (χ2v) is 8.90. The van der Waals surface area contributed by atoms with Crippen molar-refractivity contribution in [2.45, 2.75) is 84.5 Å². The SMILES string of the molecule is CCCCCCC1CC=C(c2ccc(-c3ccc(OC(=O)CCCC)cc3)cc2)CC1. The van der Waals surface area contributed by atoms with Gasteiger partial charge in [-0.1, -0.05) is 94.8 Å². The van der Waals surface area contributed by atoms with E-state index in [9.17, 15) is 4.79 Å². The first-order valence-electron chi connectivity index (χ1n) is 12.3. The summed E-state index contributed by atoms with van der Waals surface area (Å²) in [6.07, 6.45) is 15.5. The van der Waals surface area contributed by atoms with Crippen LogP contribution in [0.3, 0.4) is 0 Å². The Bertz CT molecular complexity index is 830. The molecule has 0 radical (unpaired) electrons. The summed E-state index contributed by atoms with van der Waals surface area (Å²) < 4.78 is 5.40. The molecule has 0 aromatic heterocycles. The Kier molecular flexibility index (Phi) is 9.39. The Morgan fingerprint density at radius 3 is 2.10 bits per heavy atom. The average Bonchev–Trinajstić information content (AvgIpc) is 2.82. The first-order chi connectivity index (χ1) is 15.2. The predicted octanol–water partition coefficient (Wildman–Crippen LogP) is 8.60. The van der Waals surface area contributed by atoms with Gasteiger partial charge >= 0.3 is 5.97 Å². The number of carbonyl (C=O) groups is 1. The Hall–Kier alpha value is -2.35. The molecule has 1 unspecified atom stereocenters. The number of hydrogen-bond acceptors (Lipinski definition) is 2. The van der Waals surface area contributed by atoms with Gasteiger partial charge in [-0.2, -0.15) is 0 Å². The molecule has 2 heteroatoms. The van der Waals surface area contributed by atoms with E-state index in [1.54, 1.807) is 0 Å². The largest absolute Gasteiger partial charge is 0.427 e. The van der Waals surface area contributed by atoms with Crippen LogP contribution in [0, 0.1) is 5.92 Å². The first kappa shape index (κ1) is 23.3. The predicted molar refractivity (Wildman–Crippen MR) is 131 cm³/mol. The van der Waals surface area contributed by atoms with Crippen LogP contribution in [-0.2, 0) is 4.79 Å². The van der Waals surface area contributed by atoms with Gasteiger partial charge in [-0.05, 0) is 66.0 Å². The molecule has 2 nitrogen and oxygen atoms in total. The summed E-state index contributed by atoms with van der Waals surface area (Å²) in [5.41, 5.74) is 5.20. The van der Waals surface area contributed by atoms with Crippen molar-refractivity contribution in [3.63, 3.8) is 0 Å². The van der Waals surface area contributed by atoms with E-state index in [4.69, 9.17) is 4.74 Å². The van der Waals surface area contributed by atoms with Gasteiger partial charge in [0.05, 0.1) is 0 Å². The van der Waals surface area contributed by atoms with E-state index < -0.39 is 0 Å². The van der Waals surface area contributed by atoms with Crippen LogP contribution in [0.25, 0.3) is 16.7 Å². The Labute approximate surface area is 188 Å². The highest BCUT2D eigenvalue weighted by Gasteiger charge is 2.15. The van der Waals surface area contributed by atoms with Gasteiger partial charge in [-0.15, -0.1) is 0 Å². The van der Waals surface area contributed by atoms with E-state index in [2.05, 4.69) is 44.2 Å². The molecule has 1 aliphatic rings. The third-order valence-electron chi connectivity index (χ3n) is 6.39. The zero-order valence-corrected chi connectivity index (χ0v) is 19.4. The Balaban J connectivity index is 1.53. The fraction of sp³-hybridized carbons (Fsp3) is 0.483. The molecule has 0 bridgehead atoms. The number of hydrogen-bond donors (Lipinski definition) is 0. The third kappa shape index (κ3) is 7.38. The van der Waals surface area contributed by atoms with Gasteiger partial charge in [0.2, 0.25) is 0 Å². The summed E-state index contributed by atoms with van der Waals surface area (Å²) >= 11 is 0. The minimum Gasteiger partial charge on any atom is -0.427 e. The van der Waals surface area contributed by atoms with Crippen LogP contribution in [0.2, 0.25) is 0 Å². The molecule has 0 spiro atoms. The molecule has 2 aromatic carbocycles. The van der Waals surface area contributed by atoms with Crippen LogP contribution in [0.5, 0.6) is 5.75 Å². The van der Waals surface area contributed by atoms with Crippen LogP contribution < -0.4 is 4.74 Å². The first-order valence-corrected chi connectivity index (χ1v) is 12.3. The van der Waals surface area contributed by atoms with Crippen molar-refractivity contribution >= 4 is 11.5 Å². The molecule has 1 aliphatic carbocycles. The van der Waals surface area contributed by atoms with Crippen molar-refractivity contribution in [2.75, 3.05) is 0 Å². The van der Waals surface area contributed by atoms with E-state index in [-0.39, 0.29) is 5.97 Å². The molecule has 3 rings (SSSR count). The molecule has 0 amide bonds. The van der Waals surface area contributed by atoms with Crippen LogP contribution in [0.4, 0.5) is 0 Å². The van der Waals surface area contributed by atoms with Gasteiger partial charge in [0.25, 0.3) is 0 Å². The maximum Gasteiger partial charge on any atom is 0.311 e. The van der Waals surface area contributed by atoms with Crippen LogP contribution in [0.1, 0.15) is 90.0 Å². The average molecular weight is 419 g/mol. The van der Waals surface area contributed by atoms with Crippen LogP contribution in [0.15, 0.2) is 54.6 Å². The molecular weight excluding hydrogens is 380 g/mol. The Morgan fingerprint density at radius 1 is 0.839 bits per heavy atom. The summed E-state index contributed by atoms with van der Waals surface area (Å²) in [4.78, 5) is 11.8. The van der Waals surface area contributed by atoms with Gasteiger partial charge in [-0.25, -0.2) is 0 Å². The summed E-state index contributed by atoms with van der Waals surface area (Å²) in [6, 6.07) is 16.7. The standard InChI is InChI=1S/C29H38O2/c1-3-5-7-8-9-23-11-13-24(14-12-23)25-15-17-26(18-16-25)27-19-21-28(22-20-27)31-29(30)10-6-4-2/h13,15-23H,3-12,14H2,1-2H3. The summed E-state index contributed by atoms with van der Waals surface area (Å²) in [6.45, 7) is 4.35. The lowest BCUT2D eigenvalue weighted by Crippen LogP contribution is -2.07. The summed E-state index contributed by atoms with van der Waals surface area (Å²) in [5.74, 6) is 1.36. The molecule has 2 aromatic rings. The lowest BCUT2D eigenvalue weighted by molar-refractivity contribution is -0.134. The van der Waals surface area contributed by atoms with Gasteiger partial charge < -0.3 is 4.74 Å². The minimum atomic E-state index is -0.150. The molecule has 0 fully saturated rings. The van der Waals surface area contributed by atoms with E-state index in [1.807, 2.05) is 24.3 Å². The molecule has 1 atom stereocenters. The minimum absolute atomic E-state index is 0.150. The van der Waals surface area contributed by atoms with Crippen molar-refractivity contribution in [3.05, 3.63) is 60.2 Å².